The molecule has 1 aromatic carbocycles. The summed E-state index contributed by atoms with van der Waals surface area (Å²) in [5.74, 6) is -0.242. The van der Waals surface area contributed by atoms with Crippen molar-refractivity contribution in [1.29, 1.82) is 0 Å². The SMILES string of the molecule is CCCCCn1cnnc1S[C@H](C)C(=O)Nc1ccccc1C(C)=O. The van der Waals surface area contributed by atoms with E-state index in [-0.39, 0.29) is 16.9 Å². The Bertz CT molecular complexity index is 729. The highest BCUT2D eigenvalue weighted by molar-refractivity contribution is 8.00. The number of aryl methyl sites for hydroxylation is 1. The van der Waals surface area contributed by atoms with Crippen molar-refractivity contribution in [1.82, 2.24) is 14.8 Å². The first-order valence-corrected chi connectivity index (χ1v) is 9.36. The maximum Gasteiger partial charge on any atom is 0.237 e. The first kappa shape index (κ1) is 19.2. The summed E-state index contributed by atoms with van der Waals surface area (Å²) in [5, 5.41) is 11.3. The number of para-hydroxylation sites is 1. The fraction of sp³-hybridized carbons (Fsp3) is 0.444. The number of nitrogens with one attached hydrogen (secondary N) is 1. The van der Waals surface area contributed by atoms with Crippen molar-refractivity contribution in [3.05, 3.63) is 36.2 Å². The zero-order chi connectivity index (χ0) is 18.2. The summed E-state index contributed by atoms with van der Waals surface area (Å²) in [7, 11) is 0. The summed E-state index contributed by atoms with van der Waals surface area (Å²) >= 11 is 1.37. The molecular formula is C18H24N4O2S. The van der Waals surface area contributed by atoms with E-state index >= 15 is 0 Å². The number of hydrogen-bond donors (Lipinski definition) is 1. The van der Waals surface area contributed by atoms with Crippen molar-refractivity contribution in [3.8, 4) is 0 Å². The summed E-state index contributed by atoms with van der Waals surface area (Å²) in [4.78, 5) is 24.2. The van der Waals surface area contributed by atoms with Crippen molar-refractivity contribution in [2.45, 2.75) is 57.0 Å². The number of rotatable bonds is 9. The van der Waals surface area contributed by atoms with Crippen LogP contribution >= 0.6 is 11.8 Å². The molecule has 0 saturated carbocycles. The molecule has 0 bridgehead atoms. The van der Waals surface area contributed by atoms with E-state index in [9.17, 15) is 9.59 Å². The molecule has 1 atom stereocenters. The van der Waals surface area contributed by atoms with E-state index < -0.39 is 0 Å². The molecule has 2 aromatic rings. The second kappa shape index (κ2) is 9.36. The number of ketones is 1. The number of hydrogen-bond acceptors (Lipinski definition) is 5. The Balaban J connectivity index is 2.00. The van der Waals surface area contributed by atoms with E-state index in [0.29, 0.717) is 11.3 Å². The first-order chi connectivity index (χ1) is 12.0. The molecule has 134 valence electrons. The Labute approximate surface area is 152 Å². The molecule has 0 aliphatic carbocycles. The van der Waals surface area contributed by atoms with Gasteiger partial charge in [-0.15, -0.1) is 10.2 Å². The van der Waals surface area contributed by atoms with Gasteiger partial charge < -0.3 is 9.88 Å². The number of thioether (sulfide) groups is 1. The second-order valence-electron chi connectivity index (χ2n) is 5.87. The minimum Gasteiger partial charge on any atom is -0.324 e. The third-order valence-corrected chi connectivity index (χ3v) is 4.89. The Hall–Kier alpha value is -2.15. The number of anilines is 1. The van der Waals surface area contributed by atoms with Crippen LogP contribution in [-0.4, -0.2) is 31.7 Å². The van der Waals surface area contributed by atoms with Crippen molar-refractivity contribution in [2.24, 2.45) is 0 Å². The van der Waals surface area contributed by atoms with Crippen LogP contribution in [0.25, 0.3) is 0 Å². The Morgan fingerprint density at radius 1 is 1.28 bits per heavy atom. The number of Topliss-reactive ketones (excluding diaryl/α,β-unsaturated/α-hetero) is 1. The Morgan fingerprint density at radius 2 is 2.04 bits per heavy atom. The molecule has 0 saturated heterocycles. The summed E-state index contributed by atoms with van der Waals surface area (Å²) in [6.45, 7) is 6.32. The molecule has 0 spiro atoms. The molecule has 0 radical (unpaired) electrons. The molecule has 2 rings (SSSR count). The van der Waals surface area contributed by atoms with Gasteiger partial charge in [0.05, 0.1) is 10.9 Å². The topological polar surface area (TPSA) is 76.9 Å². The standard InChI is InChI=1S/C18H24N4O2S/c1-4-5-8-11-22-12-19-21-18(22)25-14(3)17(24)20-16-10-7-6-9-15(16)13(2)23/h6-7,9-10,12,14H,4-5,8,11H2,1-3H3,(H,20,24)/t14-/m1/s1. The molecule has 1 heterocycles. The third kappa shape index (κ3) is 5.42. The minimum absolute atomic E-state index is 0.0770. The van der Waals surface area contributed by atoms with Crippen LogP contribution in [0, 0.1) is 0 Å². The highest BCUT2D eigenvalue weighted by Gasteiger charge is 2.19. The van der Waals surface area contributed by atoms with Crippen molar-refractivity contribution in [2.75, 3.05) is 5.32 Å². The van der Waals surface area contributed by atoms with Crippen LogP contribution in [0.4, 0.5) is 5.69 Å². The Morgan fingerprint density at radius 3 is 2.76 bits per heavy atom. The van der Waals surface area contributed by atoms with E-state index in [4.69, 9.17) is 0 Å². The molecule has 1 N–H and O–H groups in total. The lowest BCUT2D eigenvalue weighted by Crippen LogP contribution is -2.24. The first-order valence-electron chi connectivity index (χ1n) is 8.48. The average Bonchev–Trinajstić information content (AvgIpc) is 3.02. The zero-order valence-corrected chi connectivity index (χ0v) is 15.7. The van der Waals surface area contributed by atoms with Gasteiger partial charge in [-0.2, -0.15) is 0 Å². The van der Waals surface area contributed by atoms with Gasteiger partial charge in [0.25, 0.3) is 0 Å². The molecule has 1 amide bonds. The van der Waals surface area contributed by atoms with E-state index in [2.05, 4.69) is 22.4 Å². The summed E-state index contributed by atoms with van der Waals surface area (Å²) in [6.07, 6.45) is 5.07. The normalized spacial score (nSPS) is 12.0. The predicted molar refractivity (Wildman–Crippen MR) is 99.9 cm³/mol. The van der Waals surface area contributed by atoms with Crippen LogP contribution in [0.15, 0.2) is 35.7 Å². The van der Waals surface area contributed by atoms with Crippen LogP contribution in [0.2, 0.25) is 0 Å². The fourth-order valence-corrected chi connectivity index (χ4v) is 3.22. The fourth-order valence-electron chi connectivity index (χ4n) is 2.37. The molecule has 25 heavy (non-hydrogen) atoms. The van der Waals surface area contributed by atoms with Gasteiger partial charge in [0.1, 0.15) is 6.33 Å². The second-order valence-corrected chi connectivity index (χ2v) is 7.17. The highest BCUT2D eigenvalue weighted by atomic mass is 32.2. The zero-order valence-electron chi connectivity index (χ0n) is 14.9. The summed E-state index contributed by atoms with van der Waals surface area (Å²) < 4.78 is 1.98. The quantitative estimate of drug-likeness (QED) is 0.418. The lowest BCUT2D eigenvalue weighted by Gasteiger charge is -2.14. The molecular weight excluding hydrogens is 336 g/mol. The van der Waals surface area contributed by atoms with Gasteiger partial charge in [-0.25, -0.2) is 0 Å². The largest absolute Gasteiger partial charge is 0.324 e. The number of unbranched alkanes of at least 4 members (excludes halogenated alkanes) is 2. The minimum atomic E-state index is -0.353. The van der Waals surface area contributed by atoms with E-state index in [1.54, 1.807) is 30.6 Å². The van der Waals surface area contributed by atoms with Crippen molar-refractivity contribution < 1.29 is 9.59 Å². The van der Waals surface area contributed by atoms with Gasteiger partial charge in [0, 0.05) is 12.1 Å². The van der Waals surface area contributed by atoms with Crippen LogP contribution < -0.4 is 5.32 Å². The van der Waals surface area contributed by atoms with Gasteiger partial charge in [0.15, 0.2) is 10.9 Å². The number of aromatic nitrogens is 3. The van der Waals surface area contributed by atoms with Crippen molar-refractivity contribution >= 4 is 29.1 Å². The molecule has 0 fully saturated rings. The Kier molecular flexibility index (Phi) is 7.18. The lowest BCUT2D eigenvalue weighted by molar-refractivity contribution is -0.115. The highest BCUT2D eigenvalue weighted by Crippen LogP contribution is 2.23. The van der Waals surface area contributed by atoms with Crippen LogP contribution in [0.3, 0.4) is 0 Å². The van der Waals surface area contributed by atoms with Crippen LogP contribution in [0.1, 0.15) is 50.4 Å². The molecule has 0 unspecified atom stereocenters. The molecule has 7 heteroatoms. The molecule has 1 aromatic heterocycles. The molecule has 6 nitrogen and oxygen atoms in total. The number of amides is 1. The smallest absolute Gasteiger partial charge is 0.237 e. The maximum absolute atomic E-state index is 12.5. The third-order valence-electron chi connectivity index (χ3n) is 3.80. The number of carbonyl (C=O) groups excluding carboxylic acids is 2. The van der Waals surface area contributed by atoms with Crippen LogP contribution in [0.5, 0.6) is 0 Å². The van der Waals surface area contributed by atoms with E-state index in [1.165, 1.54) is 18.7 Å². The van der Waals surface area contributed by atoms with Crippen LogP contribution in [-0.2, 0) is 11.3 Å². The molecule has 0 aliphatic heterocycles. The van der Waals surface area contributed by atoms with Gasteiger partial charge in [-0.3, -0.25) is 9.59 Å². The summed E-state index contributed by atoms with van der Waals surface area (Å²) in [5.41, 5.74) is 1.05. The number of nitrogens with zero attached hydrogens (tertiary/aromatic N) is 3. The van der Waals surface area contributed by atoms with Gasteiger partial charge in [-0.1, -0.05) is 43.7 Å². The van der Waals surface area contributed by atoms with E-state index in [0.717, 1.165) is 31.0 Å². The monoisotopic (exact) mass is 360 g/mol. The average molecular weight is 360 g/mol. The van der Waals surface area contributed by atoms with Crippen molar-refractivity contribution in [3.63, 3.8) is 0 Å². The predicted octanol–water partition coefficient (Wildman–Crippen LogP) is 3.79. The number of carbonyl (C=O) groups is 2. The van der Waals surface area contributed by atoms with Gasteiger partial charge in [0.2, 0.25) is 5.91 Å². The summed E-state index contributed by atoms with van der Waals surface area (Å²) in [6, 6.07) is 7.02. The lowest BCUT2D eigenvalue weighted by atomic mass is 10.1. The van der Waals surface area contributed by atoms with E-state index in [1.807, 2.05) is 11.5 Å². The number of benzene rings is 1. The molecule has 0 aliphatic rings. The maximum atomic E-state index is 12.5. The van der Waals surface area contributed by atoms with Gasteiger partial charge >= 0.3 is 0 Å². The van der Waals surface area contributed by atoms with Gasteiger partial charge in [-0.05, 0) is 32.4 Å².